The number of para-hydroxylation sites is 1. The summed E-state index contributed by atoms with van der Waals surface area (Å²) in [6.07, 6.45) is 0. The molecule has 5 heteroatoms. The molecule has 1 aliphatic rings. The largest absolute Gasteiger partial charge is 0.314 e. The fourth-order valence-corrected chi connectivity index (χ4v) is 2.66. The predicted octanol–water partition coefficient (Wildman–Crippen LogP) is 1.75. The molecule has 1 aromatic rings. The Morgan fingerprint density at radius 3 is 2.35 bits per heavy atom. The maximum Gasteiger partial charge on any atom is 0.240 e. The van der Waals surface area contributed by atoms with Crippen molar-refractivity contribution in [2.45, 2.75) is 25.9 Å². The van der Waals surface area contributed by atoms with Crippen LogP contribution in [0.25, 0.3) is 0 Å². The smallest absolute Gasteiger partial charge is 0.240 e. The van der Waals surface area contributed by atoms with E-state index in [1.807, 2.05) is 37.4 Å². The van der Waals surface area contributed by atoms with Crippen molar-refractivity contribution in [3.8, 4) is 0 Å². The number of rotatable bonds is 3. The van der Waals surface area contributed by atoms with E-state index in [0.29, 0.717) is 18.6 Å². The molecule has 20 heavy (non-hydrogen) atoms. The van der Waals surface area contributed by atoms with E-state index in [0.717, 1.165) is 18.8 Å². The predicted molar refractivity (Wildman–Crippen MR) is 85.6 cm³/mol. The number of benzene rings is 1. The minimum absolute atomic E-state index is 0. The van der Waals surface area contributed by atoms with Crippen LogP contribution in [0.15, 0.2) is 30.3 Å². The van der Waals surface area contributed by atoms with Gasteiger partial charge in [0.25, 0.3) is 0 Å². The van der Waals surface area contributed by atoms with Crippen molar-refractivity contribution < 1.29 is 4.79 Å². The van der Waals surface area contributed by atoms with E-state index < -0.39 is 0 Å². The van der Waals surface area contributed by atoms with E-state index in [2.05, 4.69) is 24.1 Å². The van der Waals surface area contributed by atoms with Crippen molar-refractivity contribution in [2.24, 2.45) is 0 Å². The Bertz CT molecular complexity index is 416. The molecule has 1 N–H and O–H groups in total. The number of amides is 1. The second kappa shape index (κ2) is 7.62. The van der Waals surface area contributed by atoms with Gasteiger partial charge < -0.3 is 10.2 Å². The molecule has 1 aromatic carbocycles. The van der Waals surface area contributed by atoms with Crippen molar-refractivity contribution in [2.75, 3.05) is 31.6 Å². The lowest BCUT2D eigenvalue weighted by Gasteiger charge is -2.36. The number of carbonyl (C=O) groups is 1. The van der Waals surface area contributed by atoms with Gasteiger partial charge in [0.2, 0.25) is 5.91 Å². The highest BCUT2D eigenvalue weighted by atomic mass is 35.5. The maximum atomic E-state index is 12.3. The SMILES string of the molecule is CC1CN(CC(=O)N(C)c2ccccc2)CC(C)N1.Cl. The van der Waals surface area contributed by atoms with E-state index >= 15 is 0 Å². The molecular formula is C15H24ClN3O. The highest BCUT2D eigenvalue weighted by Crippen LogP contribution is 2.12. The van der Waals surface area contributed by atoms with Gasteiger partial charge in [-0.05, 0) is 26.0 Å². The van der Waals surface area contributed by atoms with Crippen LogP contribution in [0.5, 0.6) is 0 Å². The molecule has 2 unspecified atom stereocenters. The fourth-order valence-electron chi connectivity index (χ4n) is 2.66. The van der Waals surface area contributed by atoms with Crippen LogP contribution in [-0.4, -0.2) is 49.6 Å². The van der Waals surface area contributed by atoms with Crippen molar-refractivity contribution in [3.63, 3.8) is 0 Å². The van der Waals surface area contributed by atoms with Crippen molar-refractivity contribution >= 4 is 24.0 Å². The molecule has 2 atom stereocenters. The van der Waals surface area contributed by atoms with Crippen molar-refractivity contribution in [1.82, 2.24) is 10.2 Å². The molecule has 0 aliphatic carbocycles. The van der Waals surface area contributed by atoms with Crippen LogP contribution in [-0.2, 0) is 4.79 Å². The third kappa shape index (κ3) is 4.47. The molecule has 112 valence electrons. The summed E-state index contributed by atoms with van der Waals surface area (Å²) in [7, 11) is 1.84. The molecule has 0 radical (unpaired) electrons. The number of hydrogen-bond donors (Lipinski definition) is 1. The maximum absolute atomic E-state index is 12.3. The molecular weight excluding hydrogens is 274 g/mol. The highest BCUT2D eigenvalue weighted by molar-refractivity contribution is 5.94. The van der Waals surface area contributed by atoms with Gasteiger partial charge in [0, 0.05) is 37.9 Å². The fraction of sp³-hybridized carbons (Fsp3) is 0.533. The number of halogens is 1. The van der Waals surface area contributed by atoms with Crippen molar-refractivity contribution in [1.29, 1.82) is 0 Å². The second-order valence-corrected chi connectivity index (χ2v) is 5.45. The van der Waals surface area contributed by atoms with Crippen LogP contribution in [0.1, 0.15) is 13.8 Å². The number of likely N-dealkylation sites (N-methyl/N-ethyl adjacent to an activating group) is 1. The third-order valence-electron chi connectivity index (χ3n) is 3.51. The van der Waals surface area contributed by atoms with E-state index in [1.165, 1.54) is 0 Å². The highest BCUT2D eigenvalue weighted by Gasteiger charge is 2.23. The first-order valence-electron chi connectivity index (χ1n) is 6.86. The Morgan fingerprint density at radius 2 is 1.80 bits per heavy atom. The van der Waals surface area contributed by atoms with Gasteiger partial charge in [0.1, 0.15) is 0 Å². The van der Waals surface area contributed by atoms with Gasteiger partial charge in [-0.2, -0.15) is 0 Å². The lowest BCUT2D eigenvalue weighted by atomic mass is 10.1. The van der Waals surface area contributed by atoms with Gasteiger partial charge in [0.15, 0.2) is 0 Å². The monoisotopic (exact) mass is 297 g/mol. The third-order valence-corrected chi connectivity index (χ3v) is 3.51. The van der Waals surface area contributed by atoms with E-state index in [4.69, 9.17) is 0 Å². The molecule has 1 aliphatic heterocycles. The lowest BCUT2D eigenvalue weighted by molar-refractivity contribution is -0.119. The molecule has 2 rings (SSSR count). The van der Waals surface area contributed by atoms with Gasteiger partial charge >= 0.3 is 0 Å². The van der Waals surface area contributed by atoms with Crippen LogP contribution in [0.2, 0.25) is 0 Å². The zero-order valence-electron chi connectivity index (χ0n) is 12.4. The van der Waals surface area contributed by atoms with E-state index in [1.54, 1.807) is 4.90 Å². The summed E-state index contributed by atoms with van der Waals surface area (Å²) in [6.45, 7) is 6.67. The summed E-state index contributed by atoms with van der Waals surface area (Å²) in [5.41, 5.74) is 0.948. The molecule has 0 aromatic heterocycles. The van der Waals surface area contributed by atoms with E-state index in [-0.39, 0.29) is 18.3 Å². The zero-order chi connectivity index (χ0) is 13.8. The minimum Gasteiger partial charge on any atom is -0.314 e. The Labute approximate surface area is 127 Å². The Morgan fingerprint density at radius 1 is 1.25 bits per heavy atom. The van der Waals surface area contributed by atoms with E-state index in [9.17, 15) is 4.79 Å². The minimum atomic E-state index is 0. The standard InChI is InChI=1S/C15H23N3O.ClH/c1-12-9-18(10-13(2)16-12)11-15(19)17(3)14-7-5-4-6-8-14;/h4-8,12-13,16H,9-11H2,1-3H3;1H. The molecule has 1 saturated heterocycles. The zero-order valence-corrected chi connectivity index (χ0v) is 13.2. The first kappa shape index (κ1) is 17.0. The summed E-state index contributed by atoms with van der Waals surface area (Å²) in [6, 6.07) is 10.7. The lowest BCUT2D eigenvalue weighted by Crippen LogP contribution is -2.56. The number of hydrogen-bond acceptors (Lipinski definition) is 3. The second-order valence-electron chi connectivity index (χ2n) is 5.45. The van der Waals surface area contributed by atoms with Gasteiger partial charge in [-0.25, -0.2) is 0 Å². The number of nitrogens with zero attached hydrogens (tertiary/aromatic N) is 2. The average Bonchev–Trinajstić information content (AvgIpc) is 2.37. The van der Waals surface area contributed by atoms with Gasteiger partial charge in [-0.15, -0.1) is 12.4 Å². The first-order valence-corrected chi connectivity index (χ1v) is 6.86. The van der Waals surface area contributed by atoms with Gasteiger partial charge in [-0.1, -0.05) is 18.2 Å². The molecule has 0 saturated carbocycles. The molecule has 4 nitrogen and oxygen atoms in total. The summed E-state index contributed by atoms with van der Waals surface area (Å²) < 4.78 is 0. The number of nitrogens with one attached hydrogen (secondary N) is 1. The summed E-state index contributed by atoms with van der Waals surface area (Å²) in [5, 5.41) is 3.48. The van der Waals surface area contributed by atoms with Gasteiger partial charge in [0.05, 0.1) is 6.54 Å². The van der Waals surface area contributed by atoms with Crippen LogP contribution < -0.4 is 10.2 Å². The topological polar surface area (TPSA) is 35.6 Å². The number of piperazine rings is 1. The summed E-state index contributed by atoms with van der Waals surface area (Å²) in [4.78, 5) is 16.3. The quantitative estimate of drug-likeness (QED) is 0.923. The number of anilines is 1. The normalized spacial score (nSPS) is 22.9. The van der Waals surface area contributed by atoms with Crippen molar-refractivity contribution in [3.05, 3.63) is 30.3 Å². The molecule has 1 fully saturated rings. The molecule has 0 bridgehead atoms. The Balaban J connectivity index is 0.00000200. The Kier molecular flexibility index (Phi) is 6.46. The molecule has 1 amide bonds. The average molecular weight is 298 g/mol. The van der Waals surface area contributed by atoms with Crippen LogP contribution in [0.3, 0.4) is 0 Å². The Hall–Kier alpha value is -1.10. The molecule has 1 heterocycles. The number of carbonyl (C=O) groups excluding carboxylic acids is 1. The van der Waals surface area contributed by atoms with Gasteiger partial charge in [-0.3, -0.25) is 9.69 Å². The van der Waals surface area contributed by atoms with Crippen LogP contribution in [0.4, 0.5) is 5.69 Å². The summed E-state index contributed by atoms with van der Waals surface area (Å²) in [5.74, 6) is 0.146. The first-order chi connectivity index (χ1) is 9.06. The van der Waals surface area contributed by atoms with Crippen LogP contribution >= 0.6 is 12.4 Å². The molecule has 0 spiro atoms. The van der Waals surface area contributed by atoms with Crippen LogP contribution in [0, 0.1) is 0 Å². The summed E-state index contributed by atoms with van der Waals surface area (Å²) >= 11 is 0.